The lowest BCUT2D eigenvalue weighted by Crippen LogP contribution is -2.42. The van der Waals surface area contributed by atoms with Gasteiger partial charge in [-0.1, -0.05) is 0 Å². The van der Waals surface area contributed by atoms with Gasteiger partial charge >= 0.3 is 5.97 Å². The zero-order chi connectivity index (χ0) is 16.7. The summed E-state index contributed by atoms with van der Waals surface area (Å²) >= 11 is 0. The molecule has 0 spiro atoms. The molecule has 0 bridgehead atoms. The Morgan fingerprint density at radius 1 is 1.13 bits per heavy atom. The molecular formula is C15H25N3O5. The number of hydrogen-bond acceptors (Lipinski definition) is 5. The molecule has 2 rings (SSSR count). The van der Waals surface area contributed by atoms with E-state index in [0.29, 0.717) is 25.9 Å². The van der Waals surface area contributed by atoms with Gasteiger partial charge in [0.15, 0.2) is 0 Å². The van der Waals surface area contributed by atoms with E-state index in [2.05, 4.69) is 10.2 Å². The molecule has 2 saturated heterocycles. The zero-order valence-electron chi connectivity index (χ0n) is 13.3. The molecule has 0 radical (unpaired) electrons. The topological polar surface area (TPSA) is 99.2 Å². The summed E-state index contributed by atoms with van der Waals surface area (Å²) in [4.78, 5) is 38.5. The number of nitrogens with one attached hydrogen (secondary N) is 1. The first-order valence-corrected chi connectivity index (χ1v) is 8.17. The Hall–Kier alpha value is -1.67. The normalized spacial score (nSPS) is 22.1. The van der Waals surface area contributed by atoms with Gasteiger partial charge in [-0.2, -0.15) is 0 Å². The van der Waals surface area contributed by atoms with Crippen LogP contribution in [0.25, 0.3) is 0 Å². The molecule has 0 aromatic carbocycles. The molecular weight excluding hydrogens is 302 g/mol. The Morgan fingerprint density at radius 3 is 2.57 bits per heavy atom. The van der Waals surface area contributed by atoms with Crippen molar-refractivity contribution < 1.29 is 24.2 Å². The van der Waals surface area contributed by atoms with Gasteiger partial charge in [-0.05, 0) is 12.8 Å². The van der Waals surface area contributed by atoms with Crippen molar-refractivity contribution in [3.05, 3.63) is 0 Å². The summed E-state index contributed by atoms with van der Waals surface area (Å²) in [5.41, 5.74) is 0. The molecule has 1 atom stereocenters. The Balaban J connectivity index is 1.61. The molecule has 23 heavy (non-hydrogen) atoms. The maximum atomic E-state index is 12.0. The third-order valence-electron chi connectivity index (χ3n) is 4.28. The first kappa shape index (κ1) is 17.7. The van der Waals surface area contributed by atoms with E-state index in [1.807, 2.05) is 0 Å². The van der Waals surface area contributed by atoms with Gasteiger partial charge in [-0.3, -0.25) is 14.5 Å². The van der Waals surface area contributed by atoms with Crippen LogP contribution < -0.4 is 5.32 Å². The van der Waals surface area contributed by atoms with Crippen LogP contribution in [0.4, 0.5) is 0 Å². The van der Waals surface area contributed by atoms with Gasteiger partial charge in [0.25, 0.3) is 0 Å². The van der Waals surface area contributed by atoms with Crippen LogP contribution in [0.5, 0.6) is 0 Å². The highest BCUT2D eigenvalue weighted by Crippen LogP contribution is 2.18. The van der Waals surface area contributed by atoms with Crippen LogP contribution in [0.3, 0.4) is 0 Å². The number of carboxylic acid groups (broad SMARTS) is 1. The van der Waals surface area contributed by atoms with Crippen LogP contribution in [0, 0.1) is 0 Å². The lowest BCUT2D eigenvalue weighted by molar-refractivity contribution is -0.148. The molecule has 130 valence electrons. The standard InChI is InChI=1S/C15H25N3O5/c19-13(16-5-7-17-8-10-23-11-9-17)3-4-14(20)18-6-1-2-12(18)15(21)22/h12H,1-11H2,(H,16,19)(H,21,22). The van der Waals surface area contributed by atoms with Crippen molar-refractivity contribution in [2.75, 3.05) is 45.9 Å². The summed E-state index contributed by atoms with van der Waals surface area (Å²) in [6.07, 6.45) is 1.36. The highest BCUT2D eigenvalue weighted by molar-refractivity contribution is 5.87. The van der Waals surface area contributed by atoms with Crippen molar-refractivity contribution in [3.8, 4) is 0 Å². The average Bonchev–Trinajstić information content (AvgIpc) is 3.03. The van der Waals surface area contributed by atoms with Gasteiger partial charge in [0.05, 0.1) is 13.2 Å². The summed E-state index contributed by atoms with van der Waals surface area (Å²) < 4.78 is 5.25. The van der Waals surface area contributed by atoms with E-state index >= 15 is 0 Å². The first-order valence-electron chi connectivity index (χ1n) is 8.17. The number of aliphatic carboxylic acids is 1. The smallest absolute Gasteiger partial charge is 0.326 e. The largest absolute Gasteiger partial charge is 0.480 e. The van der Waals surface area contributed by atoms with Crippen molar-refractivity contribution in [3.63, 3.8) is 0 Å². The van der Waals surface area contributed by atoms with Crippen molar-refractivity contribution in [1.82, 2.24) is 15.1 Å². The number of hydrogen-bond donors (Lipinski definition) is 2. The van der Waals surface area contributed by atoms with E-state index < -0.39 is 12.0 Å². The number of carbonyl (C=O) groups excluding carboxylic acids is 2. The minimum atomic E-state index is -0.967. The number of nitrogens with zero attached hydrogens (tertiary/aromatic N) is 2. The van der Waals surface area contributed by atoms with Crippen molar-refractivity contribution >= 4 is 17.8 Å². The van der Waals surface area contributed by atoms with E-state index in [-0.39, 0.29) is 24.7 Å². The van der Waals surface area contributed by atoms with E-state index in [0.717, 1.165) is 32.8 Å². The van der Waals surface area contributed by atoms with Gasteiger partial charge in [-0.15, -0.1) is 0 Å². The quantitative estimate of drug-likeness (QED) is 0.641. The maximum Gasteiger partial charge on any atom is 0.326 e. The van der Waals surface area contributed by atoms with E-state index in [4.69, 9.17) is 9.84 Å². The van der Waals surface area contributed by atoms with Gasteiger partial charge in [0.1, 0.15) is 6.04 Å². The minimum Gasteiger partial charge on any atom is -0.480 e. The third-order valence-corrected chi connectivity index (χ3v) is 4.28. The third kappa shape index (κ3) is 5.47. The molecule has 2 amide bonds. The monoisotopic (exact) mass is 327 g/mol. The summed E-state index contributed by atoms with van der Waals surface area (Å²) in [5.74, 6) is -1.39. The number of likely N-dealkylation sites (tertiary alicyclic amines) is 1. The van der Waals surface area contributed by atoms with E-state index in [9.17, 15) is 14.4 Å². The Kier molecular flexibility index (Phi) is 6.79. The van der Waals surface area contributed by atoms with Crippen molar-refractivity contribution in [1.29, 1.82) is 0 Å². The summed E-state index contributed by atoms with van der Waals surface area (Å²) in [6, 6.07) is -0.730. The molecule has 0 aromatic rings. The highest BCUT2D eigenvalue weighted by Gasteiger charge is 2.33. The second kappa shape index (κ2) is 8.83. The fourth-order valence-corrected chi connectivity index (χ4v) is 2.95. The summed E-state index contributed by atoms with van der Waals surface area (Å²) in [5, 5.41) is 11.9. The molecule has 2 heterocycles. The fourth-order valence-electron chi connectivity index (χ4n) is 2.95. The van der Waals surface area contributed by atoms with Crippen LogP contribution in [0.2, 0.25) is 0 Å². The predicted octanol–water partition coefficient (Wildman–Crippen LogP) is -0.709. The molecule has 2 aliphatic rings. The van der Waals surface area contributed by atoms with Gasteiger partial charge in [0, 0.05) is 45.6 Å². The Morgan fingerprint density at radius 2 is 1.87 bits per heavy atom. The lowest BCUT2D eigenvalue weighted by Gasteiger charge is -2.26. The molecule has 2 fully saturated rings. The molecule has 1 unspecified atom stereocenters. The molecule has 8 nitrogen and oxygen atoms in total. The molecule has 8 heteroatoms. The van der Waals surface area contributed by atoms with E-state index in [1.165, 1.54) is 4.90 Å². The number of rotatable bonds is 7. The summed E-state index contributed by atoms with van der Waals surface area (Å²) in [7, 11) is 0. The van der Waals surface area contributed by atoms with Crippen molar-refractivity contribution in [2.24, 2.45) is 0 Å². The molecule has 2 N–H and O–H groups in total. The van der Waals surface area contributed by atoms with Crippen LogP contribution in [-0.2, 0) is 19.1 Å². The highest BCUT2D eigenvalue weighted by atomic mass is 16.5. The second-order valence-corrected chi connectivity index (χ2v) is 5.89. The number of morpholine rings is 1. The van der Waals surface area contributed by atoms with Gasteiger partial charge < -0.3 is 20.1 Å². The molecule has 0 aromatic heterocycles. The molecule has 0 aliphatic carbocycles. The SMILES string of the molecule is O=C(CCC(=O)N1CCCC1C(=O)O)NCCN1CCOCC1. The minimum absolute atomic E-state index is 0.0627. The number of carboxylic acids is 1. The zero-order valence-corrected chi connectivity index (χ0v) is 13.3. The Labute approximate surface area is 135 Å². The average molecular weight is 327 g/mol. The number of amides is 2. The number of ether oxygens (including phenoxy) is 1. The molecule has 2 aliphatic heterocycles. The van der Waals surface area contributed by atoms with Crippen LogP contribution >= 0.6 is 0 Å². The predicted molar refractivity (Wildman–Crippen MR) is 81.9 cm³/mol. The fraction of sp³-hybridized carbons (Fsp3) is 0.800. The Bertz CT molecular complexity index is 437. The second-order valence-electron chi connectivity index (χ2n) is 5.89. The lowest BCUT2D eigenvalue weighted by atomic mass is 10.2. The summed E-state index contributed by atoms with van der Waals surface area (Å²) in [6.45, 7) is 4.99. The molecule has 0 saturated carbocycles. The van der Waals surface area contributed by atoms with Gasteiger partial charge in [-0.25, -0.2) is 4.79 Å². The first-order chi connectivity index (χ1) is 11.1. The van der Waals surface area contributed by atoms with Crippen LogP contribution in [0.15, 0.2) is 0 Å². The van der Waals surface area contributed by atoms with Crippen LogP contribution in [-0.4, -0.2) is 84.7 Å². The van der Waals surface area contributed by atoms with Crippen LogP contribution in [0.1, 0.15) is 25.7 Å². The number of carbonyl (C=O) groups is 3. The van der Waals surface area contributed by atoms with Crippen molar-refractivity contribution in [2.45, 2.75) is 31.7 Å². The maximum absolute atomic E-state index is 12.0. The van der Waals surface area contributed by atoms with Gasteiger partial charge in [0.2, 0.25) is 11.8 Å². The van der Waals surface area contributed by atoms with E-state index in [1.54, 1.807) is 0 Å².